The second-order valence-electron chi connectivity index (χ2n) is 1.06. The van der Waals surface area contributed by atoms with Crippen LogP contribution in [0.15, 0.2) is 29.1 Å². The molecule has 3 N–H and O–H groups in total. The SMILES string of the molecule is OP(O)O.c1ccoc1. The first-order valence-corrected chi connectivity index (χ1v) is 3.27. The van der Waals surface area contributed by atoms with Crippen LogP contribution in [0.3, 0.4) is 0 Å². The predicted octanol–water partition coefficient (Wildman–Crippen LogP) is 0.470. The second kappa shape index (κ2) is 5.72. The molecule has 1 heterocycles. The molecule has 1 aromatic heterocycles. The molecule has 5 heteroatoms. The molecule has 0 aliphatic heterocycles. The highest BCUT2D eigenvalue weighted by atomic mass is 31.2. The fourth-order valence-electron chi connectivity index (χ4n) is 0.227. The molecule has 0 fully saturated rings. The van der Waals surface area contributed by atoms with Gasteiger partial charge >= 0.3 is 8.60 Å². The molecule has 0 atom stereocenters. The summed E-state index contributed by atoms with van der Waals surface area (Å²) in [6.07, 6.45) is 3.25. The Morgan fingerprint density at radius 2 is 1.33 bits per heavy atom. The van der Waals surface area contributed by atoms with E-state index in [1.165, 1.54) is 0 Å². The molecule has 0 saturated heterocycles. The zero-order valence-corrected chi connectivity index (χ0v) is 5.40. The van der Waals surface area contributed by atoms with Gasteiger partial charge in [-0.25, -0.2) is 0 Å². The van der Waals surface area contributed by atoms with Crippen molar-refractivity contribution in [3.05, 3.63) is 24.7 Å². The van der Waals surface area contributed by atoms with Gasteiger partial charge in [0, 0.05) is 0 Å². The van der Waals surface area contributed by atoms with Crippen LogP contribution in [0.1, 0.15) is 0 Å². The molecule has 52 valence electrons. The first-order chi connectivity index (χ1) is 4.23. The van der Waals surface area contributed by atoms with E-state index < -0.39 is 8.60 Å². The van der Waals surface area contributed by atoms with Gasteiger partial charge in [-0.05, 0) is 12.1 Å². The van der Waals surface area contributed by atoms with E-state index >= 15 is 0 Å². The molecule has 0 radical (unpaired) electrons. The Morgan fingerprint density at radius 3 is 1.44 bits per heavy atom. The van der Waals surface area contributed by atoms with Crippen molar-refractivity contribution < 1.29 is 19.1 Å². The van der Waals surface area contributed by atoms with Crippen LogP contribution in [-0.4, -0.2) is 14.7 Å². The molecule has 0 aliphatic rings. The summed E-state index contributed by atoms with van der Waals surface area (Å²) in [7, 11) is -2.62. The summed E-state index contributed by atoms with van der Waals surface area (Å²) in [6.45, 7) is 0. The molecule has 9 heavy (non-hydrogen) atoms. The maximum atomic E-state index is 7.23. The van der Waals surface area contributed by atoms with Crippen LogP contribution in [0.5, 0.6) is 0 Å². The van der Waals surface area contributed by atoms with Gasteiger partial charge in [-0.1, -0.05) is 0 Å². The Morgan fingerprint density at radius 1 is 1.00 bits per heavy atom. The van der Waals surface area contributed by atoms with Crippen molar-refractivity contribution in [3.63, 3.8) is 0 Å². The highest BCUT2D eigenvalue weighted by molar-refractivity contribution is 7.38. The minimum Gasteiger partial charge on any atom is -0.473 e. The van der Waals surface area contributed by atoms with Crippen molar-refractivity contribution in [2.75, 3.05) is 0 Å². The average molecular weight is 150 g/mol. The standard InChI is InChI=1S/C4H4O.H3O3P/c1-2-4-5-3-1;1-4(2)3/h1-4H;1-3H. The fourth-order valence-corrected chi connectivity index (χ4v) is 0.227. The third-order valence-electron chi connectivity index (χ3n) is 0.425. The molecular weight excluding hydrogens is 143 g/mol. The largest absolute Gasteiger partial charge is 0.473 e. The summed E-state index contributed by atoms with van der Waals surface area (Å²) < 4.78 is 4.58. The van der Waals surface area contributed by atoms with E-state index in [0.29, 0.717) is 0 Å². The van der Waals surface area contributed by atoms with Gasteiger partial charge in [0.05, 0.1) is 12.5 Å². The smallest absolute Gasteiger partial charge is 0.324 e. The summed E-state index contributed by atoms with van der Waals surface area (Å²) >= 11 is 0. The summed E-state index contributed by atoms with van der Waals surface area (Å²) in [5, 5.41) is 0. The first-order valence-electron chi connectivity index (χ1n) is 2.07. The highest BCUT2D eigenvalue weighted by Gasteiger charge is 1.76. The molecule has 4 nitrogen and oxygen atoms in total. The van der Waals surface area contributed by atoms with Crippen molar-refractivity contribution in [2.24, 2.45) is 0 Å². The topological polar surface area (TPSA) is 73.8 Å². The third kappa shape index (κ3) is 11.3. The molecule has 1 aromatic rings. The zero-order valence-electron chi connectivity index (χ0n) is 4.51. The Balaban J connectivity index is 0.000000148. The molecule has 0 aliphatic carbocycles. The van der Waals surface area contributed by atoms with Crippen LogP contribution in [0, 0.1) is 0 Å². The van der Waals surface area contributed by atoms with Gasteiger partial charge in [-0.3, -0.25) is 0 Å². The Kier molecular flexibility index (Phi) is 5.46. The maximum Gasteiger partial charge on any atom is 0.324 e. The van der Waals surface area contributed by atoms with Crippen molar-refractivity contribution in [1.29, 1.82) is 0 Å². The van der Waals surface area contributed by atoms with E-state index in [4.69, 9.17) is 14.7 Å². The number of hydrogen-bond acceptors (Lipinski definition) is 4. The van der Waals surface area contributed by atoms with E-state index in [2.05, 4.69) is 4.42 Å². The third-order valence-corrected chi connectivity index (χ3v) is 0.425. The summed E-state index contributed by atoms with van der Waals surface area (Å²) in [5.74, 6) is 0. The lowest BCUT2D eigenvalue weighted by molar-refractivity contribution is 0.368. The molecule has 0 unspecified atom stereocenters. The lowest BCUT2D eigenvalue weighted by Crippen LogP contribution is -1.54. The number of furan rings is 1. The predicted molar refractivity (Wildman–Crippen MR) is 32.3 cm³/mol. The summed E-state index contributed by atoms with van der Waals surface area (Å²) in [6, 6.07) is 3.67. The summed E-state index contributed by atoms with van der Waals surface area (Å²) in [4.78, 5) is 21.7. The van der Waals surface area contributed by atoms with Crippen molar-refractivity contribution in [2.45, 2.75) is 0 Å². The van der Waals surface area contributed by atoms with Crippen molar-refractivity contribution >= 4 is 8.60 Å². The quantitative estimate of drug-likeness (QED) is 0.470. The summed E-state index contributed by atoms with van der Waals surface area (Å²) in [5.41, 5.74) is 0. The monoisotopic (exact) mass is 150 g/mol. The van der Waals surface area contributed by atoms with Crippen molar-refractivity contribution in [3.8, 4) is 0 Å². The van der Waals surface area contributed by atoms with Crippen LogP contribution in [0.2, 0.25) is 0 Å². The average Bonchev–Trinajstić information content (AvgIpc) is 2.11. The van der Waals surface area contributed by atoms with Crippen LogP contribution in [0.25, 0.3) is 0 Å². The number of hydrogen-bond donors (Lipinski definition) is 3. The van der Waals surface area contributed by atoms with Gasteiger partial charge in [0.2, 0.25) is 0 Å². The Hall–Kier alpha value is -0.410. The fraction of sp³-hybridized carbons (Fsp3) is 0. The normalized spacial score (nSPS) is 8.44. The molecule has 0 bridgehead atoms. The van der Waals surface area contributed by atoms with Gasteiger partial charge in [-0.15, -0.1) is 0 Å². The van der Waals surface area contributed by atoms with Crippen molar-refractivity contribution in [1.82, 2.24) is 0 Å². The van der Waals surface area contributed by atoms with E-state index in [1.807, 2.05) is 12.1 Å². The van der Waals surface area contributed by atoms with Gasteiger partial charge in [0.15, 0.2) is 0 Å². The van der Waals surface area contributed by atoms with E-state index in [-0.39, 0.29) is 0 Å². The van der Waals surface area contributed by atoms with E-state index in [9.17, 15) is 0 Å². The highest BCUT2D eigenvalue weighted by Crippen LogP contribution is 2.11. The minimum atomic E-state index is -2.62. The van der Waals surface area contributed by atoms with Gasteiger partial charge < -0.3 is 19.1 Å². The van der Waals surface area contributed by atoms with Gasteiger partial charge in [0.25, 0.3) is 0 Å². The lowest BCUT2D eigenvalue weighted by Gasteiger charge is -1.76. The Labute approximate surface area is 53.4 Å². The number of rotatable bonds is 0. The maximum absolute atomic E-state index is 7.23. The second-order valence-corrected chi connectivity index (χ2v) is 1.60. The van der Waals surface area contributed by atoms with Gasteiger partial charge in [0.1, 0.15) is 0 Å². The van der Waals surface area contributed by atoms with Crippen LogP contribution in [0.4, 0.5) is 0 Å². The van der Waals surface area contributed by atoms with Crippen LogP contribution >= 0.6 is 8.60 Å². The first kappa shape index (κ1) is 8.59. The zero-order chi connectivity index (χ0) is 7.11. The van der Waals surface area contributed by atoms with Crippen LogP contribution < -0.4 is 0 Å². The molecule has 0 saturated carbocycles. The van der Waals surface area contributed by atoms with E-state index in [0.717, 1.165) is 0 Å². The minimum absolute atomic E-state index is 1.62. The van der Waals surface area contributed by atoms with Gasteiger partial charge in [-0.2, -0.15) is 0 Å². The molecule has 0 aromatic carbocycles. The van der Waals surface area contributed by atoms with Crippen LogP contribution in [-0.2, 0) is 0 Å². The van der Waals surface area contributed by atoms with E-state index in [1.54, 1.807) is 12.5 Å². The molecular formula is C4H7O4P. The molecule has 0 spiro atoms. The molecule has 1 rings (SSSR count). The Bertz CT molecular complexity index is 96.2. The lowest BCUT2D eigenvalue weighted by atomic mass is 10.7. The molecule has 0 amide bonds.